The van der Waals surface area contributed by atoms with Gasteiger partial charge in [-0.1, -0.05) is 32.6 Å². The molecule has 4 heteroatoms. The number of hydrogen-bond donors (Lipinski definition) is 1. The third-order valence-corrected chi connectivity index (χ3v) is 3.35. The van der Waals surface area contributed by atoms with Gasteiger partial charge in [0.05, 0.1) is 31.3 Å². The minimum absolute atomic E-state index is 0.108. The molecule has 4 nitrogen and oxygen atoms in total. The average Bonchev–Trinajstić information content (AvgIpc) is 2.66. The summed E-state index contributed by atoms with van der Waals surface area (Å²) < 4.78 is 10.6. The molecular formula is C14H26O4. The highest BCUT2D eigenvalue weighted by Crippen LogP contribution is 2.26. The lowest BCUT2D eigenvalue weighted by atomic mass is 10.0. The Balaban J connectivity index is 2.21. The number of rotatable bonds is 8. The van der Waals surface area contributed by atoms with Crippen LogP contribution in [0.3, 0.4) is 0 Å². The molecular weight excluding hydrogens is 232 g/mol. The van der Waals surface area contributed by atoms with Crippen molar-refractivity contribution in [1.29, 1.82) is 0 Å². The van der Waals surface area contributed by atoms with Gasteiger partial charge in [0.2, 0.25) is 0 Å². The number of ether oxygens (including phenoxy) is 2. The topological polar surface area (TPSA) is 55.8 Å². The molecule has 1 rings (SSSR count). The van der Waals surface area contributed by atoms with Gasteiger partial charge in [0.1, 0.15) is 0 Å². The van der Waals surface area contributed by atoms with E-state index in [4.69, 9.17) is 9.47 Å². The van der Waals surface area contributed by atoms with Crippen LogP contribution in [0.15, 0.2) is 0 Å². The standard InChI is InChI=1S/C14H26O4/c1-3-5-6-7-8-11-9-12(15)13(18-11)10-14(16)17-4-2/h11-13,15H,3-10H2,1-2H3/t11-,12?,13+/m0/s1. The maximum atomic E-state index is 11.3. The molecule has 18 heavy (non-hydrogen) atoms. The van der Waals surface area contributed by atoms with Crippen LogP contribution in [0.1, 0.15) is 58.8 Å². The highest BCUT2D eigenvalue weighted by Gasteiger charge is 2.35. The zero-order valence-corrected chi connectivity index (χ0v) is 11.6. The van der Waals surface area contributed by atoms with Gasteiger partial charge in [-0.25, -0.2) is 0 Å². The Labute approximate surface area is 110 Å². The van der Waals surface area contributed by atoms with Crippen molar-refractivity contribution in [2.45, 2.75) is 77.1 Å². The smallest absolute Gasteiger partial charge is 0.308 e. The minimum Gasteiger partial charge on any atom is -0.466 e. The monoisotopic (exact) mass is 258 g/mol. The summed E-state index contributed by atoms with van der Waals surface area (Å²) in [7, 11) is 0. The first-order valence-electron chi connectivity index (χ1n) is 7.16. The summed E-state index contributed by atoms with van der Waals surface area (Å²) in [5, 5.41) is 9.85. The first kappa shape index (κ1) is 15.4. The molecule has 1 fully saturated rings. The van der Waals surface area contributed by atoms with Crippen molar-refractivity contribution in [2.75, 3.05) is 6.61 Å². The van der Waals surface area contributed by atoms with Crippen molar-refractivity contribution in [3.8, 4) is 0 Å². The number of unbranched alkanes of at least 4 members (excludes halogenated alkanes) is 3. The Morgan fingerprint density at radius 2 is 2.11 bits per heavy atom. The molecule has 1 aliphatic rings. The van der Waals surface area contributed by atoms with Crippen LogP contribution in [0, 0.1) is 0 Å². The highest BCUT2D eigenvalue weighted by molar-refractivity contribution is 5.70. The van der Waals surface area contributed by atoms with E-state index in [1.165, 1.54) is 19.3 Å². The Bertz CT molecular complexity index is 242. The Morgan fingerprint density at radius 1 is 1.33 bits per heavy atom. The molecule has 0 spiro atoms. The number of aliphatic hydroxyl groups excluding tert-OH is 1. The van der Waals surface area contributed by atoms with E-state index in [0.29, 0.717) is 13.0 Å². The molecule has 0 aliphatic carbocycles. The number of hydrogen-bond acceptors (Lipinski definition) is 4. The van der Waals surface area contributed by atoms with E-state index in [1.807, 2.05) is 0 Å². The van der Waals surface area contributed by atoms with Crippen molar-refractivity contribution in [3.05, 3.63) is 0 Å². The summed E-state index contributed by atoms with van der Waals surface area (Å²) in [4.78, 5) is 11.3. The van der Waals surface area contributed by atoms with Crippen LogP contribution in [0.25, 0.3) is 0 Å². The average molecular weight is 258 g/mol. The summed E-state index contributed by atoms with van der Waals surface area (Å²) in [5.41, 5.74) is 0. The van der Waals surface area contributed by atoms with Crippen LogP contribution in [0.2, 0.25) is 0 Å². The van der Waals surface area contributed by atoms with Gasteiger partial charge in [0, 0.05) is 6.42 Å². The van der Waals surface area contributed by atoms with Gasteiger partial charge in [0.15, 0.2) is 0 Å². The van der Waals surface area contributed by atoms with E-state index >= 15 is 0 Å². The molecule has 106 valence electrons. The highest BCUT2D eigenvalue weighted by atomic mass is 16.5. The van der Waals surface area contributed by atoms with Crippen molar-refractivity contribution < 1.29 is 19.4 Å². The molecule has 0 amide bonds. The fraction of sp³-hybridized carbons (Fsp3) is 0.929. The second-order valence-electron chi connectivity index (χ2n) is 4.96. The first-order chi connectivity index (χ1) is 8.67. The lowest BCUT2D eigenvalue weighted by molar-refractivity contribution is -0.147. The van der Waals surface area contributed by atoms with Gasteiger partial charge in [-0.2, -0.15) is 0 Å². The van der Waals surface area contributed by atoms with E-state index in [1.54, 1.807) is 6.92 Å². The molecule has 3 atom stereocenters. The van der Waals surface area contributed by atoms with Crippen molar-refractivity contribution in [2.24, 2.45) is 0 Å². The second kappa shape index (κ2) is 8.48. The molecule has 1 aliphatic heterocycles. The van der Waals surface area contributed by atoms with E-state index in [2.05, 4.69) is 6.92 Å². The van der Waals surface area contributed by atoms with Crippen molar-refractivity contribution in [1.82, 2.24) is 0 Å². The number of carbonyl (C=O) groups excluding carboxylic acids is 1. The number of esters is 1. The maximum Gasteiger partial charge on any atom is 0.308 e. The zero-order valence-electron chi connectivity index (χ0n) is 11.6. The van der Waals surface area contributed by atoms with E-state index in [0.717, 1.165) is 12.8 Å². The molecule has 0 bridgehead atoms. The summed E-state index contributed by atoms with van der Waals surface area (Å²) in [6.45, 7) is 4.34. The normalized spacial score (nSPS) is 27.4. The third kappa shape index (κ3) is 5.36. The van der Waals surface area contributed by atoms with E-state index in [9.17, 15) is 9.90 Å². The predicted octanol–water partition coefficient (Wildman–Crippen LogP) is 2.43. The molecule has 0 saturated carbocycles. The van der Waals surface area contributed by atoms with E-state index in [-0.39, 0.29) is 24.6 Å². The maximum absolute atomic E-state index is 11.3. The van der Waals surface area contributed by atoms with Gasteiger partial charge in [-0.3, -0.25) is 4.79 Å². The Morgan fingerprint density at radius 3 is 2.78 bits per heavy atom. The van der Waals surface area contributed by atoms with Crippen LogP contribution in [0.4, 0.5) is 0 Å². The molecule has 0 aromatic carbocycles. The van der Waals surface area contributed by atoms with Crippen LogP contribution < -0.4 is 0 Å². The molecule has 0 radical (unpaired) electrons. The first-order valence-corrected chi connectivity index (χ1v) is 7.16. The summed E-state index contributed by atoms with van der Waals surface area (Å²) in [5.74, 6) is -0.284. The second-order valence-corrected chi connectivity index (χ2v) is 4.96. The van der Waals surface area contributed by atoms with Crippen molar-refractivity contribution in [3.63, 3.8) is 0 Å². The van der Waals surface area contributed by atoms with Gasteiger partial charge in [-0.05, 0) is 13.3 Å². The van der Waals surface area contributed by atoms with Gasteiger partial charge < -0.3 is 14.6 Å². The summed E-state index contributed by atoms with van der Waals surface area (Å²) >= 11 is 0. The lowest BCUT2D eigenvalue weighted by Gasteiger charge is -2.14. The van der Waals surface area contributed by atoms with Crippen LogP contribution in [-0.4, -0.2) is 36.0 Å². The Kier molecular flexibility index (Phi) is 7.28. The van der Waals surface area contributed by atoms with Crippen molar-refractivity contribution >= 4 is 5.97 Å². The molecule has 1 heterocycles. The molecule has 0 aromatic rings. The number of carbonyl (C=O) groups is 1. The molecule has 1 unspecified atom stereocenters. The minimum atomic E-state index is -0.523. The van der Waals surface area contributed by atoms with E-state index < -0.39 is 6.10 Å². The molecule has 0 aromatic heterocycles. The quantitative estimate of drug-likeness (QED) is 0.536. The van der Waals surface area contributed by atoms with Gasteiger partial charge >= 0.3 is 5.97 Å². The van der Waals surface area contributed by atoms with Gasteiger partial charge in [-0.15, -0.1) is 0 Å². The zero-order chi connectivity index (χ0) is 13.4. The SMILES string of the molecule is CCCCCC[C@H]1CC(O)[C@@H](CC(=O)OCC)O1. The number of aliphatic hydroxyl groups is 1. The summed E-state index contributed by atoms with van der Waals surface area (Å²) in [6.07, 6.45) is 5.84. The van der Waals surface area contributed by atoms with Gasteiger partial charge in [0.25, 0.3) is 0 Å². The summed E-state index contributed by atoms with van der Waals surface area (Å²) in [6, 6.07) is 0. The molecule has 1 N–H and O–H groups in total. The third-order valence-electron chi connectivity index (χ3n) is 3.35. The fourth-order valence-electron chi connectivity index (χ4n) is 2.37. The predicted molar refractivity (Wildman–Crippen MR) is 69.3 cm³/mol. The fourth-order valence-corrected chi connectivity index (χ4v) is 2.37. The van der Waals surface area contributed by atoms with Crippen LogP contribution >= 0.6 is 0 Å². The van der Waals surface area contributed by atoms with Crippen LogP contribution in [0.5, 0.6) is 0 Å². The molecule has 1 saturated heterocycles. The largest absolute Gasteiger partial charge is 0.466 e. The lowest BCUT2D eigenvalue weighted by Crippen LogP contribution is -2.25. The van der Waals surface area contributed by atoms with Crippen LogP contribution in [-0.2, 0) is 14.3 Å². The Hall–Kier alpha value is -0.610.